The molecule has 5 nitrogen and oxygen atoms in total. The van der Waals surface area contributed by atoms with Crippen molar-refractivity contribution in [2.45, 2.75) is 38.3 Å². The van der Waals surface area contributed by atoms with Crippen molar-refractivity contribution in [3.8, 4) is 0 Å². The zero-order valence-electron chi connectivity index (χ0n) is 12.3. The number of para-hydroxylation sites is 1. The number of hydrogen-bond donors (Lipinski definition) is 4. The number of amides is 1. The summed E-state index contributed by atoms with van der Waals surface area (Å²) in [6, 6.07) is 7.37. The van der Waals surface area contributed by atoms with E-state index in [-0.39, 0.29) is 12.0 Å². The molecule has 5 N–H and O–H groups in total. The molecule has 21 heavy (non-hydrogen) atoms. The summed E-state index contributed by atoms with van der Waals surface area (Å²) < 4.78 is 0. The lowest BCUT2D eigenvalue weighted by atomic mass is 10.0. The molecule has 1 amide bonds. The van der Waals surface area contributed by atoms with Crippen molar-refractivity contribution in [3.05, 3.63) is 36.0 Å². The van der Waals surface area contributed by atoms with E-state index in [9.17, 15) is 9.90 Å². The maximum absolute atomic E-state index is 11.9. The van der Waals surface area contributed by atoms with Crippen molar-refractivity contribution in [1.29, 1.82) is 0 Å². The summed E-state index contributed by atoms with van der Waals surface area (Å²) in [5, 5.41) is 13.3. The number of aromatic nitrogens is 1. The van der Waals surface area contributed by atoms with Gasteiger partial charge in [0.25, 0.3) is 0 Å². The lowest BCUT2D eigenvalue weighted by Gasteiger charge is -2.13. The molecule has 5 heteroatoms. The largest absolute Gasteiger partial charge is 0.393 e. The van der Waals surface area contributed by atoms with E-state index in [2.05, 4.69) is 10.3 Å². The Morgan fingerprint density at radius 2 is 2.19 bits per heavy atom. The van der Waals surface area contributed by atoms with Crippen molar-refractivity contribution in [3.63, 3.8) is 0 Å². The SMILES string of the molecule is CCC(O)CCNC(=O)[C@@H](N)Cc1c[nH]c2ccccc12. The lowest BCUT2D eigenvalue weighted by molar-refractivity contribution is -0.122. The number of aliphatic hydroxyl groups excluding tert-OH is 1. The molecule has 1 unspecified atom stereocenters. The van der Waals surface area contributed by atoms with E-state index in [0.29, 0.717) is 25.8 Å². The predicted molar refractivity (Wildman–Crippen MR) is 83.9 cm³/mol. The molecule has 0 saturated heterocycles. The van der Waals surface area contributed by atoms with E-state index in [1.165, 1.54) is 0 Å². The van der Waals surface area contributed by atoms with Crippen LogP contribution in [0.25, 0.3) is 10.9 Å². The number of fused-ring (bicyclic) bond motifs is 1. The fourth-order valence-electron chi connectivity index (χ4n) is 2.33. The highest BCUT2D eigenvalue weighted by atomic mass is 16.3. The second kappa shape index (κ2) is 7.24. The zero-order chi connectivity index (χ0) is 15.2. The predicted octanol–water partition coefficient (Wildman–Crippen LogP) is 1.31. The molecular weight excluding hydrogens is 266 g/mol. The summed E-state index contributed by atoms with van der Waals surface area (Å²) in [7, 11) is 0. The van der Waals surface area contributed by atoms with Crippen LogP contribution in [0.4, 0.5) is 0 Å². The number of aromatic amines is 1. The molecule has 0 saturated carbocycles. The first-order valence-corrected chi connectivity index (χ1v) is 7.38. The smallest absolute Gasteiger partial charge is 0.237 e. The Hall–Kier alpha value is -1.85. The molecule has 0 fully saturated rings. The van der Waals surface area contributed by atoms with Crippen molar-refractivity contribution in [2.24, 2.45) is 5.73 Å². The van der Waals surface area contributed by atoms with Crippen LogP contribution in [0.2, 0.25) is 0 Å². The van der Waals surface area contributed by atoms with Gasteiger partial charge in [0.2, 0.25) is 5.91 Å². The van der Waals surface area contributed by atoms with Gasteiger partial charge in [0, 0.05) is 23.6 Å². The quantitative estimate of drug-likeness (QED) is 0.619. The van der Waals surface area contributed by atoms with E-state index >= 15 is 0 Å². The van der Waals surface area contributed by atoms with Crippen LogP contribution >= 0.6 is 0 Å². The van der Waals surface area contributed by atoms with Gasteiger partial charge < -0.3 is 21.1 Å². The molecule has 0 aliphatic heterocycles. The number of carbonyl (C=O) groups is 1. The summed E-state index contributed by atoms with van der Waals surface area (Å²) in [5.41, 5.74) is 8.05. The van der Waals surface area contributed by atoms with Gasteiger partial charge >= 0.3 is 0 Å². The van der Waals surface area contributed by atoms with Crippen molar-refractivity contribution < 1.29 is 9.90 Å². The fraction of sp³-hybridized carbons (Fsp3) is 0.438. The molecule has 0 aliphatic carbocycles. The number of nitrogens with one attached hydrogen (secondary N) is 2. The minimum absolute atomic E-state index is 0.177. The monoisotopic (exact) mass is 289 g/mol. The molecule has 1 heterocycles. The molecule has 0 radical (unpaired) electrons. The number of H-pyrrole nitrogens is 1. The normalized spacial score (nSPS) is 14.0. The number of hydrogen-bond acceptors (Lipinski definition) is 3. The molecule has 0 spiro atoms. The van der Waals surface area contributed by atoms with Crippen LogP contribution in [0.3, 0.4) is 0 Å². The number of benzene rings is 1. The van der Waals surface area contributed by atoms with Gasteiger partial charge in [-0.15, -0.1) is 0 Å². The topological polar surface area (TPSA) is 91.1 Å². The molecule has 1 aromatic carbocycles. The van der Waals surface area contributed by atoms with Crippen LogP contribution in [0.15, 0.2) is 30.5 Å². The van der Waals surface area contributed by atoms with Crippen LogP contribution in [-0.4, -0.2) is 34.7 Å². The maximum Gasteiger partial charge on any atom is 0.237 e. The Morgan fingerprint density at radius 3 is 2.95 bits per heavy atom. The van der Waals surface area contributed by atoms with Crippen LogP contribution in [0, 0.1) is 0 Å². The first-order valence-electron chi connectivity index (χ1n) is 7.38. The third-order valence-corrected chi connectivity index (χ3v) is 3.70. The highest BCUT2D eigenvalue weighted by Crippen LogP contribution is 2.18. The molecule has 2 rings (SSSR count). The van der Waals surface area contributed by atoms with Crippen molar-refractivity contribution in [1.82, 2.24) is 10.3 Å². The maximum atomic E-state index is 11.9. The van der Waals surface area contributed by atoms with Crippen LogP contribution in [-0.2, 0) is 11.2 Å². The van der Waals surface area contributed by atoms with Gasteiger partial charge in [0.1, 0.15) is 0 Å². The summed E-state index contributed by atoms with van der Waals surface area (Å²) in [6.45, 7) is 2.37. The van der Waals surface area contributed by atoms with Gasteiger partial charge in [0.15, 0.2) is 0 Å². The van der Waals surface area contributed by atoms with E-state index in [0.717, 1.165) is 16.5 Å². The molecule has 0 aliphatic rings. The Morgan fingerprint density at radius 1 is 1.43 bits per heavy atom. The van der Waals surface area contributed by atoms with Crippen LogP contribution in [0.1, 0.15) is 25.3 Å². The van der Waals surface area contributed by atoms with Crippen molar-refractivity contribution in [2.75, 3.05) is 6.54 Å². The average Bonchev–Trinajstić information content (AvgIpc) is 2.90. The first-order chi connectivity index (χ1) is 10.1. The second-order valence-electron chi connectivity index (χ2n) is 5.31. The van der Waals surface area contributed by atoms with E-state index in [1.54, 1.807) is 0 Å². The molecular formula is C16H23N3O2. The number of nitrogens with two attached hydrogens (primary N) is 1. The standard InChI is InChI=1S/C16H23N3O2/c1-2-12(20)7-8-18-16(21)14(17)9-11-10-19-15-6-4-3-5-13(11)15/h3-6,10,12,14,19-20H,2,7-9,17H2,1H3,(H,18,21)/t12?,14-/m0/s1. The summed E-state index contributed by atoms with van der Waals surface area (Å²) in [6.07, 6.45) is 3.28. The minimum Gasteiger partial charge on any atom is -0.393 e. The van der Waals surface area contributed by atoms with Gasteiger partial charge in [-0.25, -0.2) is 0 Å². The van der Waals surface area contributed by atoms with Gasteiger partial charge in [-0.05, 0) is 30.9 Å². The lowest BCUT2D eigenvalue weighted by Crippen LogP contribution is -2.42. The zero-order valence-corrected chi connectivity index (χ0v) is 12.3. The van der Waals surface area contributed by atoms with Crippen molar-refractivity contribution >= 4 is 16.8 Å². The van der Waals surface area contributed by atoms with E-state index < -0.39 is 6.04 Å². The van der Waals surface area contributed by atoms with Gasteiger partial charge in [0.05, 0.1) is 12.1 Å². The Labute approximate surface area is 124 Å². The van der Waals surface area contributed by atoms with E-state index in [4.69, 9.17) is 5.73 Å². The van der Waals surface area contributed by atoms with Crippen LogP contribution < -0.4 is 11.1 Å². The summed E-state index contributed by atoms with van der Waals surface area (Å²) >= 11 is 0. The van der Waals surface area contributed by atoms with Gasteiger partial charge in [-0.1, -0.05) is 25.1 Å². The fourth-order valence-corrected chi connectivity index (χ4v) is 2.33. The Balaban J connectivity index is 1.88. The third-order valence-electron chi connectivity index (χ3n) is 3.70. The number of aliphatic hydroxyl groups is 1. The van der Waals surface area contributed by atoms with Gasteiger partial charge in [-0.2, -0.15) is 0 Å². The summed E-state index contributed by atoms with van der Waals surface area (Å²) in [5.74, 6) is -0.177. The van der Waals surface area contributed by atoms with Crippen LogP contribution in [0.5, 0.6) is 0 Å². The van der Waals surface area contributed by atoms with Gasteiger partial charge in [-0.3, -0.25) is 4.79 Å². The Bertz CT molecular complexity index is 594. The summed E-state index contributed by atoms with van der Waals surface area (Å²) in [4.78, 5) is 15.1. The Kier molecular flexibility index (Phi) is 5.36. The number of carbonyl (C=O) groups excluding carboxylic acids is 1. The average molecular weight is 289 g/mol. The molecule has 0 bridgehead atoms. The molecule has 2 atom stereocenters. The second-order valence-corrected chi connectivity index (χ2v) is 5.31. The molecule has 2 aromatic rings. The molecule has 1 aromatic heterocycles. The molecule has 114 valence electrons. The highest BCUT2D eigenvalue weighted by Gasteiger charge is 2.16. The van der Waals surface area contributed by atoms with E-state index in [1.807, 2.05) is 37.4 Å². The minimum atomic E-state index is -0.581. The number of rotatable bonds is 7. The third kappa shape index (κ3) is 4.06. The highest BCUT2D eigenvalue weighted by molar-refractivity contribution is 5.86. The first kappa shape index (κ1) is 15.5.